The number of aryl methyl sites for hydroxylation is 1. The van der Waals surface area contributed by atoms with Gasteiger partial charge in [0.25, 0.3) is 0 Å². The number of methoxy groups -OCH3 is 1. The molecule has 0 saturated heterocycles. The Morgan fingerprint density at radius 2 is 1.97 bits per heavy atom. The van der Waals surface area contributed by atoms with Gasteiger partial charge in [0.2, 0.25) is 0 Å². The van der Waals surface area contributed by atoms with E-state index in [0.29, 0.717) is 29.6 Å². The summed E-state index contributed by atoms with van der Waals surface area (Å²) in [4.78, 5) is 16.4. The predicted molar refractivity (Wildman–Crippen MR) is 107 cm³/mol. The molecule has 0 fully saturated rings. The molecule has 7 nitrogen and oxygen atoms in total. The number of nitrogens with one attached hydrogen (secondary N) is 1. The van der Waals surface area contributed by atoms with E-state index in [2.05, 4.69) is 20.3 Å². The number of aromatic nitrogens is 5. The van der Waals surface area contributed by atoms with E-state index in [-0.39, 0.29) is 29.0 Å². The molecule has 3 aromatic heterocycles. The summed E-state index contributed by atoms with van der Waals surface area (Å²) in [5, 5.41) is 11.9. The number of ether oxygens (including phenoxy) is 1. The van der Waals surface area contributed by atoms with Crippen LogP contribution >= 0.6 is 0 Å². The highest BCUT2D eigenvalue weighted by atomic mass is 19.1. The zero-order chi connectivity index (χ0) is 21.3. The molecular weight excluding hydrogens is 392 g/mol. The number of halogens is 2. The third-order valence-corrected chi connectivity index (χ3v) is 4.80. The van der Waals surface area contributed by atoms with E-state index in [9.17, 15) is 13.6 Å². The van der Waals surface area contributed by atoms with Crippen LogP contribution in [-0.2, 0) is 11.8 Å². The minimum atomic E-state index is -0.844. The first-order chi connectivity index (χ1) is 14.5. The largest absolute Gasteiger partial charge is 0.385 e. The highest BCUT2D eigenvalue weighted by Gasteiger charge is 2.19. The van der Waals surface area contributed by atoms with E-state index in [1.165, 1.54) is 13.3 Å². The molecule has 0 aliphatic heterocycles. The van der Waals surface area contributed by atoms with Crippen LogP contribution in [0.5, 0.6) is 0 Å². The molecule has 0 saturated carbocycles. The van der Waals surface area contributed by atoms with Crippen LogP contribution in [0.15, 0.2) is 36.8 Å². The van der Waals surface area contributed by atoms with Gasteiger partial charge in [0.1, 0.15) is 17.3 Å². The van der Waals surface area contributed by atoms with Crippen molar-refractivity contribution in [2.45, 2.75) is 12.8 Å². The van der Waals surface area contributed by atoms with Gasteiger partial charge in [0.15, 0.2) is 5.78 Å². The number of benzene rings is 1. The van der Waals surface area contributed by atoms with Crippen molar-refractivity contribution < 1.29 is 18.3 Å². The molecule has 0 amide bonds. The average molecular weight is 411 g/mol. The maximum absolute atomic E-state index is 14.8. The number of hydrogen-bond acceptors (Lipinski definition) is 5. The van der Waals surface area contributed by atoms with Gasteiger partial charge in [-0.25, -0.2) is 8.78 Å². The second kappa shape index (κ2) is 8.11. The summed E-state index contributed by atoms with van der Waals surface area (Å²) < 4.78 is 36.1. The molecule has 9 heteroatoms. The topological polar surface area (TPSA) is 85.7 Å². The summed E-state index contributed by atoms with van der Waals surface area (Å²) in [6.45, 7) is 0.405. The number of carbonyl (C=O) groups is 1. The number of aromatic amines is 1. The molecule has 0 aliphatic carbocycles. The van der Waals surface area contributed by atoms with Gasteiger partial charge >= 0.3 is 0 Å². The average Bonchev–Trinajstić information content (AvgIpc) is 3.33. The molecule has 30 heavy (non-hydrogen) atoms. The van der Waals surface area contributed by atoms with E-state index in [0.717, 1.165) is 17.7 Å². The summed E-state index contributed by atoms with van der Waals surface area (Å²) in [5.41, 5.74) is 1.81. The maximum atomic E-state index is 14.8. The summed E-state index contributed by atoms with van der Waals surface area (Å²) in [7, 11) is 3.32. The van der Waals surface area contributed by atoms with Crippen molar-refractivity contribution in [3.8, 4) is 22.5 Å². The Balaban J connectivity index is 1.72. The van der Waals surface area contributed by atoms with Crippen LogP contribution in [0.4, 0.5) is 8.78 Å². The Morgan fingerprint density at radius 3 is 2.63 bits per heavy atom. The fraction of sp³-hybridized carbons (Fsp3) is 0.238. The lowest BCUT2D eigenvalue weighted by molar-refractivity contribution is 0.0962. The lowest BCUT2D eigenvalue weighted by atomic mass is 10.0. The summed E-state index contributed by atoms with van der Waals surface area (Å²) in [5.74, 6) is -2.03. The van der Waals surface area contributed by atoms with Crippen molar-refractivity contribution in [2.24, 2.45) is 7.05 Å². The molecule has 3 heterocycles. The van der Waals surface area contributed by atoms with Crippen LogP contribution in [0.2, 0.25) is 0 Å². The molecule has 154 valence electrons. The first-order valence-corrected chi connectivity index (χ1v) is 9.32. The molecule has 0 aliphatic rings. The van der Waals surface area contributed by atoms with Crippen molar-refractivity contribution in [2.75, 3.05) is 13.7 Å². The Hall–Kier alpha value is -3.46. The van der Waals surface area contributed by atoms with Crippen molar-refractivity contribution in [3.63, 3.8) is 0 Å². The van der Waals surface area contributed by atoms with E-state index >= 15 is 0 Å². The van der Waals surface area contributed by atoms with Crippen LogP contribution < -0.4 is 0 Å². The number of rotatable bonds is 7. The van der Waals surface area contributed by atoms with Crippen LogP contribution in [0.25, 0.3) is 33.4 Å². The second-order valence-corrected chi connectivity index (χ2v) is 6.92. The van der Waals surface area contributed by atoms with E-state index in [1.54, 1.807) is 30.2 Å². The Labute approximate surface area is 170 Å². The zero-order valence-corrected chi connectivity index (χ0v) is 16.4. The highest BCUT2D eigenvalue weighted by molar-refractivity contribution is 5.97. The minimum absolute atomic E-state index is 0.00899. The van der Waals surface area contributed by atoms with Gasteiger partial charge in [0, 0.05) is 49.9 Å². The molecule has 0 atom stereocenters. The monoisotopic (exact) mass is 411 g/mol. The van der Waals surface area contributed by atoms with E-state index < -0.39 is 11.6 Å². The summed E-state index contributed by atoms with van der Waals surface area (Å²) in [6, 6.07) is 3.68. The van der Waals surface area contributed by atoms with Crippen molar-refractivity contribution in [1.82, 2.24) is 25.0 Å². The third-order valence-electron chi connectivity index (χ3n) is 4.80. The minimum Gasteiger partial charge on any atom is -0.385 e. The van der Waals surface area contributed by atoms with Gasteiger partial charge in [-0.3, -0.25) is 19.6 Å². The van der Waals surface area contributed by atoms with Crippen molar-refractivity contribution in [3.05, 3.63) is 54.0 Å². The number of nitrogens with zero attached hydrogens (tertiary/aromatic N) is 4. The first-order valence-electron chi connectivity index (χ1n) is 9.32. The molecule has 0 bridgehead atoms. The number of fused-ring (bicyclic) bond motifs is 1. The number of Topliss-reactive ketones (excluding diaryl/α,β-unsaturated/α-hetero) is 1. The standard InChI is InChI=1S/C21H19F2N5O2/c1-28-11-13(9-25-28)21-14-8-17(24-10-18(14)26-27-21)20-15(22)6-12(7-16(20)23)19(29)4-3-5-30-2/h6-11H,3-5H2,1-2H3,(H,26,27). The quantitative estimate of drug-likeness (QED) is 0.368. The number of carbonyl (C=O) groups excluding carboxylic acids is 1. The van der Waals surface area contributed by atoms with E-state index in [1.807, 2.05) is 0 Å². The number of pyridine rings is 1. The fourth-order valence-corrected chi connectivity index (χ4v) is 3.32. The Kier molecular flexibility index (Phi) is 5.37. The summed E-state index contributed by atoms with van der Waals surface area (Å²) >= 11 is 0. The molecule has 1 N–H and O–H groups in total. The molecule has 4 aromatic rings. The third kappa shape index (κ3) is 3.71. The molecule has 0 spiro atoms. The fourth-order valence-electron chi connectivity index (χ4n) is 3.32. The van der Waals surface area contributed by atoms with Crippen molar-refractivity contribution >= 4 is 16.7 Å². The molecule has 0 radical (unpaired) electrons. The van der Waals surface area contributed by atoms with Gasteiger partial charge in [-0.05, 0) is 24.6 Å². The predicted octanol–water partition coefficient (Wildman–Crippen LogP) is 3.91. The number of hydrogen-bond donors (Lipinski definition) is 1. The molecule has 0 unspecified atom stereocenters. The van der Waals surface area contributed by atoms with Gasteiger partial charge in [-0.15, -0.1) is 0 Å². The Morgan fingerprint density at radius 1 is 1.20 bits per heavy atom. The molecule has 1 aromatic carbocycles. The lowest BCUT2D eigenvalue weighted by Gasteiger charge is -2.08. The van der Waals surface area contributed by atoms with Crippen molar-refractivity contribution in [1.29, 1.82) is 0 Å². The van der Waals surface area contributed by atoms with Crippen LogP contribution in [0, 0.1) is 11.6 Å². The molecular formula is C21H19F2N5O2. The Bertz CT molecular complexity index is 1210. The van der Waals surface area contributed by atoms with Gasteiger partial charge in [-0.1, -0.05) is 0 Å². The zero-order valence-electron chi connectivity index (χ0n) is 16.4. The van der Waals surface area contributed by atoms with Gasteiger partial charge in [0.05, 0.1) is 29.2 Å². The second-order valence-electron chi connectivity index (χ2n) is 6.92. The highest BCUT2D eigenvalue weighted by Crippen LogP contribution is 2.31. The molecule has 4 rings (SSSR count). The van der Waals surface area contributed by atoms with Crippen LogP contribution in [0.3, 0.4) is 0 Å². The number of H-pyrrole nitrogens is 1. The maximum Gasteiger partial charge on any atom is 0.163 e. The van der Waals surface area contributed by atoms with E-state index in [4.69, 9.17) is 4.74 Å². The smallest absolute Gasteiger partial charge is 0.163 e. The van der Waals surface area contributed by atoms with Gasteiger partial charge < -0.3 is 4.74 Å². The number of ketones is 1. The lowest BCUT2D eigenvalue weighted by Crippen LogP contribution is -2.04. The first kappa shape index (κ1) is 19.8. The van der Waals surface area contributed by atoms with Crippen LogP contribution in [-0.4, -0.2) is 44.5 Å². The SMILES string of the molecule is COCCCC(=O)c1cc(F)c(-c2cc3c(-c4cnn(C)c4)n[nH]c3cn2)c(F)c1. The normalized spacial score (nSPS) is 11.3. The summed E-state index contributed by atoms with van der Waals surface area (Å²) in [6.07, 6.45) is 5.55. The van der Waals surface area contributed by atoms with Crippen LogP contribution in [0.1, 0.15) is 23.2 Å². The van der Waals surface area contributed by atoms with Gasteiger partial charge in [-0.2, -0.15) is 10.2 Å².